The summed E-state index contributed by atoms with van der Waals surface area (Å²) >= 11 is 6.86. The average Bonchev–Trinajstić information content (AvgIpc) is 3.43. The van der Waals surface area contributed by atoms with Crippen LogP contribution in [0.3, 0.4) is 0 Å². The van der Waals surface area contributed by atoms with Crippen LogP contribution >= 0.6 is 22.9 Å². The van der Waals surface area contributed by atoms with Gasteiger partial charge in [-0.15, -0.1) is 16.4 Å². The lowest BCUT2D eigenvalue weighted by molar-refractivity contribution is -0.121. The van der Waals surface area contributed by atoms with Gasteiger partial charge >= 0.3 is 6.01 Å². The summed E-state index contributed by atoms with van der Waals surface area (Å²) in [7, 11) is -3.59. The van der Waals surface area contributed by atoms with Crippen molar-refractivity contribution in [2.24, 2.45) is 5.92 Å². The van der Waals surface area contributed by atoms with Gasteiger partial charge in [0.05, 0.1) is 10.6 Å². The van der Waals surface area contributed by atoms with Gasteiger partial charge in [-0.05, 0) is 37.1 Å². The maximum atomic E-state index is 12.6. The molecule has 0 aliphatic carbocycles. The molecule has 1 aliphatic rings. The third-order valence-corrected chi connectivity index (χ3v) is 7.95. The Morgan fingerprint density at radius 2 is 2.04 bits per heavy atom. The molecule has 12 heteroatoms. The lowest BCUT2D eigenvalue weighted by Gasteiger charge is -2.29. The molecule has 148 valence electrons. The Bertz CT molecular complexity index is 1070. The predicted molar refractivity (Wildman–Crippen MR) is 101 cm³/mol. The topological polar surface area (TPSA) is 119 Å². The smallest absolute Gasteiger partial charge is 0.322 e. The van der Waals surface area contributed by atoms with Crippen LogP contribution in [0.4, 0.5) is 6.01 Å². The van der Waals surface area contributed by atoms with Gasteiger partial charge in [0.25, 0.3) is 15.9 Å². The van der Waals surface area contributed by atoms with Gasteiger partial charge in [0, 0.05) is 19.0 Å². The number of amides is 1. The molecular formula is C16H15ClN4O5S2. The lowest BCUT2D eigenvalue weighted by Crippen LogP contribution is -2.41. The number of sulfonamides is 1. The van der Waals surface area contributed by atoms with E-state index >= 15 is 0 Å². The number of furan rings is 1. The van der Waals surface area contributed by atoms with Crippen molar-refractivity contribution in [1.29, 1.82) is 0 Å². The van der Waals surface area contributed by atoms with E-state index < -0.39 is 10.0 Å². The Morgan fingerprint density at radius 3 is 2.68 bits per heavy atom. The van der Waals surface area contributed by atoms with E-state index in [1.54, 1.807) is 18.2 Å². The first-order valence-electron chi connectivity index (χ1n) is 8.37. The molecule has 0 spiro atoms. The minimum atomic E-state index is -3.59. The molecule has 0 saturated carbocycles. The summed E-state index contributed by atoms with van der Waals surface area (Å²) in [6, 6.07) is 6.37. The molecule has 1 fully saturated rings. The number of aromatic nitrogens is 2. The molecule has 4 rings (SSSR count). The Hall–Kier alpha value is -2.21. The van der Waals surface area contributed by atoms with Crippen LogP contribution in [0.25, 0.3) is 11.7 Å². The first-order valence-corrected chi connectivity index (χ1v) is 11.0. The van der Waals surface area contributed by atoms with Crippen LogP contribution in [0, 0.1) is 5.92 Å². The number of hydrogen-bond acceptors (Lipinski definition) is 8. The number of piperidine rings is 1. The summed E-state index contributed by atoms with van der Waals surface area (Å²) in [6.45, 7) is 0.495. The van der Waals surface area contributed by atoms with Crippen LogP contribution in [0.5, 0.6) is 0 Å². The fraction of sp³-hybridized carbons (Fsp3) is 0.312. The van der Waals surface area contributed by atoms with E-state index in [-0.39, 0.29) is 41.0 Å². The molecule has 0 radical (unpaired) electrons. The molecule has 9 nitrogen and oxygen atoms in total. The van der Waals surface area contributed by atoms with Crippen molar-refractivity contribution in [3.05, 3.63) is 34.9 Å². The largest absolute Gasteiger partial charge is 0.459 e. The third kappa shape index (κ3) is 3.83. The molecule has 0 atom stereocenters. The highest BCUT2D eigenvalue weighted by Gasteiger charge is 2.33. The zero-order valence-electron chi connectivity index (χ0n) is 14.4. The highest BCUT2D eigenvalue weighted by atomic mass is 35.5. The third-order valence-electron chi connectivity index (χ3n) is 4.35. The highest BCUT2D eigenvalue weighted by molar-refractivity contribution is 7.91. The predicted octanol–water partition coefficient (Wildman–Crippen LogP) is 3.08. The number of carbonyl (C=O) groups excluding carboxylic acids is 1. The van der Waals surface area contributed by atoms with Crippen LogP contribution < -0.4 is 5.32 Å². The summed E-state index contributed by atoms with van der Waals surface area (Å²) in [4.78, 5) is 12.4. The van der Waals surface area contributed by atoms with Crippen molar-refractivity contribution in [2.45, 2.75) is 17.1 Å². The Kier molecular flexibility index (Phi) is 5.23. The van der Waals surface area contributed by atoms with Crippen LogP contribution in [-0.2, 0) is 14.8 Å². The quantitative estimate of drug-likeness (QED) is 0.644. The molecule has 1 saturated heterocycles. The Morgan fingerprint density at radius 1 is 1.25 bits per heavy atom. The maximum absolute atomic E-state index is 12.6. The standard InChI is InChI=1S/C16H15ClN4O5S2/c17-12-3-4-13(27-12)28(23,24)21-7-5-10(6-8-21)14(22)18-16-20-19-15(26-16)11-2-1-9-25-11/h1-4,9-10H,5-8H2,(H,18,20,22). The van der Waals surface area contributed by atoms with E-state index in [9.17, 15) is 13.2 Å². The first kappa shape index (κ1) is 19.1. The molecule has 0 aromatic carbocycles. The van der Waals surface area contributed by atoms with Crippen molar-refractivity contribution in [1.82, 2.24) is 14.5 Å². The summed E-state index contributed by atoms with van der Waals surface area (Å²) in [5.74, 6) is -0.0702. The van der Waals surface area contributed by atoms with E-state index in [2.05, 4.69) is 15.5 Å². The number of hydrogen-bond donors (Lipinski definition) is 1. The van der Waals surface area contributed by atoms with Gasteiger partial charge in [-0.2, -0.15) is 4.31 Å². The maximum Gasteiger partial charge on any atom is 0.322 e. The van der Waals surface area contributed by atoms with E-state index in [4.69, 9.17) is 20.4 Å². The lowest BCUT2D eigenvalue weighted by atomic mass is 9.97. The first-order chi connectivity index (χ1) is 13.4. The molecule has 0 bridgehead atoms. The number of nitrogens with one attached hydrogen (secondary N) is 1. The molecule has 4 heterocycles. The Labute approximate surface area is 169 Å². The van der Waals surface area contributed by atoms with Crippen LogP contribution in [0.15, 0.2) is 43.6 Å². The normalized spacial score (nSPS) is 16.3. The van der Waals surface area contributed by atoms with Crippen molar-refractivity contribution in [3.8, 4) is 11.7 Å². The minimum Gasteiger partial charge on any atom is -0.459 e. The van der Waals surface area contributed by atoms with Gasteiger partial charge in [-0.1, -0.05) is 16.7 Å². The van der Waals surface area contributed by atoms with Crippen molar-refractivity contribution in [3.63, 3.8) is 0 Å². The van der Waals surface area contributed by atoms with Crippen molar-refractivity contribution < 1.29 is 22.0 Å². The van der Waals surface area contributed by atoms with Gasteiger partial charge in [0.15, 0.2) is 5.76 Å². The summed E-state index contributed by atoms with van der Waals surface area (Å²) < 4.78 is 37.8. The zero-order valence-corrected chi connectivity index (χ0v) is 16.8. The summed E-state index contributed by atoms with van der Waals surface area (Å²) in [5.41, 5.74) is 0. The van der Waals surface area contributed by atoms with Crippen LogP contribution in [0.2, 0.25) is 4.34 Å². The molecule has 3 aromatic heterocycles. The van der Waals surface area contributed by atoms with E-state index in [1.165, 1.54) is 16.6 Å². The minimum absolute atomic E-state index is 0.0281. The van der Waals surface area contributed by atoms with E-state index in [0.717, 1.165) is 11.3 Å². The fourth-order valence-electron chi connectivity index (χ4n) is 2.90. The van der Waals surface area contributed by atoms with Crippen LogP contribution in [-0.4, -0.2) is 41.9 Å². The van der Waals surface area contributed by atoms with Crippen LogP contribution in [0.1, 0.15) is 12.8 Å². The second kappa shape index (κ2) is 7.66. The highest BCUT2D eigenvalue weighted by Crippen LogP contribution is 2.31. The van der Waals surface area contributed by atoms with E-state index in [1.807, 2.05) is 0 Å². The summed E-state index contributed by atoms with van der Waals surface area (Å²) in [5, 5.41) is 10.2. The zero-order chi connectivity index (χ0) is 19.7. The number of nitrogens with zero attached hydrogens (tertiary/aromatic N) is 3. The molecule has 28 heavy (non-hydrogen) atoms. The monoisotopic (exact) mass is 442 g/mol. The number of halogens is 1. The van der Waals surface area contributed by atoms with Gasteiger partial charge < -0.3 is 8.83 Å². The van der Waals surface area contributed by atoms with Gasteiger partial charge in [0.1, 0.15) is 4.21 Å². The molecule has 1 N–H and O–H groups in total. The second-order valence-electron chi connectivity index (χ2n) is 6.12. The SMILES string of the molecule is O=C(Nc1nnc(-c2ccco2)o1)C1CCN(S(=O)(=O)c2ccc(Cl)s2)CC1. The fourth-order valence-corrected chi connectivity index (χ4v) is 6.01. The molecule has 0 unspecified atom stereocenters. The second-order valence-corrected chi connectivity index (χ2v) is 10.00. The number of thiophene rings is 1. The van der Waals surface area contributed by atoms with E-state index in [0.29, 0.717) is 22.9 Å². The number of carbonyl (C=O) groups is 1. The molecular weight excluding hydrogens is 428 g/mol. The van der Waals surface area contributed by atoms with Gasteiger partial charge in [-0.3, -0.25) is 10.1 Å². The molecule has 3 aromatic rings. The van der Waals surface area contributed by atoms with Crippen molar-refractivity contribution >= 4 is 44.9 Å². The Balaban J connectivity index is 1.35. The number of rotatable bonds is 5. The molecule has 1 aliphatic heterocycles. The van der Waals surface area contributed by atoms with Gasteiger partial charge in [0.2, 0.25) is 5.91 Å². The average molecular weight is 443 g/mol. The summed E-state index contributed by atoms with van der Waals surface area (Å²) in [6.07, 6.45) is 2.26. The molecule has 1 amide bonds. The number of anilines is 1. The van der Waals surface area contributed by atoms with Gasteiger partial charge in [-0.25, -0.2) is 8.42 Å². The van der Waals surface area contributed by atoms with Crippen molar-refractivity contribution in [2.75, 3.05) is 18.4 Å².